The van der Waals surface area contributed by atoms with Gasteiger partial charge >= 0.3 is 0 Å². The molecule has 0 fully saturated rings. The van der Waals surface area contributed by atoms with Crippen LogP contribution in [0.1, 0.15) is 27.2 Å². The number of rotatable bonds is 7. The molecule has 0 aliphatic heterocycles. The van der Waals surface area contributed by atoms with Gasteiger partial charge in [-0.3, -0.25) is 14.9 Å². The molecular formula is C17H22N4O3S. The summed E-state index contributed by atoms with van der Waals surface area (Å²) in [6.45, 7) is 5.29. The quantitative estimate of drug-likeness (QED) is 0.790. The van der Waals surface area contributed by atoms with Crippen molar-refractivity contribution in [3.63, 3.8) is 0 Å². The molecule has 2 amide bonds. The van der Waals surface area contributed by atoms with Crippen LogP contribution in [0.4, 0.5) is 5.13 Å². The Hall–Kier alpha value is -2.48. The lowest BCUT2D eigenvalue weighted by Crippen LogP contribution is -2.46. The lowest BCUT2D eigenvalue weighted by molar-refractivity contribution is -0.126. The van der Waals surface area contributed by atoms with Crippen LogP contribution in [0, 0.1) is 5.92 Å². The fourth-order valence-corrected chi connectivity index (χ4v) is 2.98. The van der Waals surface area contributed by atoms with Gasteiger partial charge in [-0.25, -0.2) is 0 Å². The SMILES string of the molecule is CCC(C)C(NC(C)=O)C(=O)Nc1nnc(-c2ccc(OC)cc2)s1. The van der Waals surface area contributed by atoms with Crippen LogP contribution in [0.2, 0.25) is 0 Å². The van der Waals surface area contributed by atoms with Crippen molar-refractivity contribution in [2.24, 2.45) is 5.92 Å². The third-order valence-corrected chi connectivity index (χ3v) is 4.73. The van der Waals surface area contributed by atoms with Gasteiger partial charge in [0.05, 0.1) is 7.11 Å². The first-order valence-corrected chi connectivity index (χ1v) is 8.82. The van der Waals surface area contributed by atoms with Gasteiger partial charge in [-0.2, -0.15) is 0 Å². The highest BCUT2D eigenvalue weighted by molar-refractivity contribution is 7.18. The van der Waals surface area contributed by atoms with Gasteiger partial charge in [0.15, 0.2) is 0 Å². The predicted molar refractivity (Wildman–Crippen MR) is 97.6 cm³/mol. The van der Waals surface area contributed by atoms with Crippen LogP contribution in [0.3, 0.4) is 0 Å². The Morgan fingerprint density at radius 2 is 1.92 bits per heavy atom. The van der Waals surface area contributed by atoms with Gasteiger partial charge in [0.1, 0.15) is 16.8 Å². The monoisotopic (exact) mass is 362 g/mol. The fourth-order valence-electron chi connectivity index (χ4n) is 2.23. The van der Waals surface area contributed by atoms with E-state index in [9.17, 15) is 9.59 Å². The summed E-state index contributed by atoms with van der Waals surface area (Å²) in [6.07, 6.45) is 0.769. The number of carbonyl (C=O) groups excluding carboxylic acids is 2. The van der Waals surface area contributed by atoms with E-state index in [1.54, 1.807) is 7.11 Å². The van der Waals surface area contributed by atoms with Gasteiger partial charge in [0, 0.05) is 12.5 Å². The zero-order valence-electron chi connectivity index (χ0n) is 14.7. The zero-order chi connectivity index (χ0) is 18.4. The minimum atomic E-state index is -0.601. The largest absolute Gasteiger partial charge is 0.497 e. The Labute approximate surface area is 150 Å². The summed E-state index contributed by atoms with van der Waals surface area (Å²) in [5.74, 6) is 0.241. The standard InChI is InChI=1S/C17H22N4O3S/c1-5-10(2)14(18-11(3)22)15(23)19-17-21-20-16(25-17)12-6-8-13(24-4)9-7-12/h6-10,14H,5H2,1-4H3,(H,18,22)(H,19,21,23). The highest BCUT2D eigenvalue weighted by Crippen LogP contribution is 2.28. The molecule has 0 saturated heterocycles. The molecule has 1 aromatic carbocycles. The Bertz CT molecular complexity index is 730. The molecule has 134 valence electrons. The molecule has 25 heavy (non-hydrogen) atoms. The first kappa shape index (κ1) is 18.9. The molecule has 0 aliphatic carbocycles. The maximum atomic E-state index is 12.5. The predicted octanol–water partition coefficient (Wildman–Crippen LogP) is 2.70. The van der Waals surface area contributed by atoms with Crippen LogP contribution in [-0.2, 0) is 9.59 Å². The van der Waals surface area contributed by atoms with Crippen LogP contribution in [-0.4, -0.2) is 35.2 Å². The van der Waals surface area contributed by atoms with E-state index in [0.717, 1.165) is 17.7 Å². The van der Waals surface area contributed by atoms with Crippen LogP contribution in [0.5, 0.6) is 5.75 Å². The minimum absolute atomic E-state index is 0.0119. The van der Waals surface area contributed by atoms with E-state index < -0.39 is 6.04 Å². The summed E-state index contributed by atoms with van der Waals surface area (Å²) in [6, 6.07) is 6.83. The number of nitrogens with zero attached hydrogens (tertiary/aromatic N) is 2. The number of hydrogen-bond acceptors (Lipinski definition) is 6. The Balaban J connectivity index is 2.10. The number of nitrogens with one attached hydrogen (secondary N) is 2. The van der Waals surface area contributed by atoms with Crippen molar-refractivity contribution in [2.75, 3.05) is 12.4 Å². The molecule has 2 N–H and O–H groups in total. The number of amides is 2. The summed E-state index contributed by atoms with van der Waals surface area (Å²) in [5, 5.41) is 14.6. The van der Waals surface area contributed by atoms with E-state index in [1.165, 1.54) is 18.3 Å². The zero-order valence-corrected chi connectivity index (χ0v) is 15.5. The molecule has 7 nitrogen and oxygen atoms in total. The highest BCUT2D eigenvalue weighted by atomic mass is 32.1. The van der Waals surface area contributed by atoms with Crippen molar-refractivity contribution < 1.29 is 14.3 Å². The molecule has 0 radical (unpaired) electrons. The average molecular weight is 362 g/mol. The molecule has 0 bridgehead atoms. The van der Waals surface area contributed by atoms with E-state index in [1.807, 2.05) is 38.1 Å². The fraction of sp³-hybridized carbons (Fsp3) is 0.412. The van der Waals surface area contributed by atoms with E-state index >= 15 is 0 Å². The van der Waals surface area contributed by atoms with Crippen LogP contribution in [0.15, 0.2) is 24.3 Å². The third kappa shape index (κ3) is 4.99. The number of benzene rings is 1. The van der Waals surface area contributed by atoms with E-state index in [-0.39, 0.29) is 17.7 Å². The van der Waals surface area contributed by atoms with Crippen LogP contribution >= 0.6 is 11.3 Å². The highest BCUT2D eigenvalue weighted by Gasteiger charge is 2.25. The molecule has 8 heteroatoms. The van der Waals surface area contributed by atoms with Crippen molar-refractivity contribution in [1.29, 1.82) is 0 Å². The number of aromatic nitrogens is 2. The first-order chi connectivity index (χ1) is 11.9. The molecule has 2 atom stereocenters. The van der Waals surface area contributed by atoms with Crippen molar-refractivity contribution in [3.05, 3.63) is 24.3 Å². The number of carbonyl (C=O) groups is 2. The number of hydrogen-bond donors (Lipinski definition) is 2. The third-order valence-electron chi connectivity index (χ3n) is 3.85. The second-order valence-electron chi connectivity index (χ2n) is 5.69. The van der Waals surface area contributed by atoms with Crippen LogP contribution in [0.25, 0.3) is 10.6 Å². The maximum Gasteiger partial charge on any atom is 0.249 e. The summed E-state index contributed by atoms with van der Waals surface area (Å²) in [5.41, 5.74) is 0.888. The van der Waals surface area contributed by atoms with Crippen molar-refractivity contribution >= 4 is 28.3 Å². The smallest absolute Gasteiger partial charge is 0.249 e. The van der Waals surface area contributed by atoms with Crippen LogP contribution < -0.4 is 15.4 Å². The van der Waals surface area contributed by atoms with Crippen molar-refractivity contribution in [1.82, 2.24) is 15.5 Å². The van der Waals surface area contributed by atoms with Gasteiger partial charge < -0.3 is 10.1 Å². The minimum Gasteiger partial charge on any atom is -0.497 e. The van der Waals surface area contributed by atoms with E-state index in [0.29, 0.717) is 10.1 Å². The molecule has 0 spiro atoms. The normalized spacial score (nSPS) is 13.0. The number of anilines is 1. The van der Waals surface area contributed by atoms with E-state index in [4.69, 9.17) is 4.74 Å². The first-order valence-electron chi connectivity index (χ1n) is 8.00. The van der Waals surface area contributed by atoms with Gasteiger partial charge in [0.2, 0.25) is 16.9 Å². The molecule has 2 aromatic rings. The summed E-state index contributed by atoms with van der Waals surface area (Å²) in [7, 11) is 1.61. The Morgan fingerprint density at radius 3 is 2.48 bits per heavy atom. The molecule has 1 heterocycles. The molecule has 0 saturated carbocycles. The Morgan fingerprint density at radius 1 is 1.24 bits per heavy atom. The average Bonchev–Trinajstić information content (AvgIpc) is 3.07. The second kappa shape index (κ2) is 8.57. The van der Waals surface area contributed by atoms with Gasteiger partial charge in [-0.05, 0) is 30.2 Å². The van der Waals surface area contributed by atoms with Gasteiger partial charge in [-0.15, -0.1) is 10.2 Å². The lowest BCUT2D eigenvalue weighted by atomic mass is 9.98. The van der Waals surface area contributed by atoms with Crippen molar-refractivity contribution in [2.45, 2.75) is 33.2 Å². The molecule has 2 rings (SSSR count). The topological polar surface area (TPSA) is 93.2 Å². The Kier molecular flexibility index (Phi) is 6.46. The summed E-state index contributed by atoms with van der Waals surface area (Å²) < 4.78 is 5.13. The van der Waals surface area contributed by atoms with E-state index in [2.05, 4.69) is 20.8 Å². The van der Waals surface area contributed by atoms with Crippen molar-refractivity contribution in [3.8, 4) is 16.3 Å². The van der Waals surface area contributed by atoms with Gasteiger partial charge in [-0.1, -0.05) is 31.6 Å². The number of methoxy groups -OCH3 is 1. The molecule has 0 aliphatic rings. The molecule has 2 unspecified atom stereocenters. The second-order valence-corrected chi connectivity index (χ2v) is 6.67. The lowest BCUT2D eigenvalue weighted by Gasteiger charge is -2.22. The molecule has 1 aromatic heterocycles. The maximum absolute atomic E-state index is 12.5. The molecular weight excluding hydrogens is 340 g/mol. The number of ether oxygens (including phenoxy) is 1. The summed E-state index contributed by atoms with van der Waals surface area (Å²) >= 11 is 1.28. The van der Waals surface area contributed by atoms with Gasteiger partial charge in [0.25, 0.3) is 0 Å². The summed E-state index contributed by atoms with van der Waals surface area (Å²) in [4.78, 5) is 23.8.